The monoisotopic (exact) mass is 246 g/mol. The summed E-state index contributed by atoms with van der Waals surface area (Å²) in [4.78, 5) is 6.33. The molecule has 17 heavy (non-hydrogen) atoms. The molecule has 0 aromatic carbocycles. The Bertz CT molecular complexity index is 222. The number of hydrogen-bond donors (Lipinski definition) is 2. The highest BCUT2D eigenvalue weighted by molar-refractivity contribution is 5.79. The Hall–Kier alpha value is -0.850. The Morgan fingerprint density at radius 1 is 1.41 bits per heavy atom. The van der Waals surface area contributed by atoms with Gasteiger partial charge in [0.2, 0.25) is 5.96 Å². The normalized spacial score (nSPS) is 13.9. The van der Waals surface area contributed by atoms with Crippen LogP contribution in [0, 0.1) is 0 Å². The molecule has 0 spiro atoms. The van der Waals surface area contributed by atoms with Crippen molar-refractivity contribution < 1.29 is 9.47 Å². The van der Waals surface area contributed by atoms with E-state index in [4.69, 9.17) is 15.3 Å². The third-order valence-corrected chi connectivity index (χ3v) is 2.12. The summed E-state index contributed by atoms with van der Waals surface area (Å²) in [7, 11) is 3.57. The highest BCUT2D eigenvalue weighted by Crippen LogP contribution is 1.94. The van der Waals surface area contributed by atoms with Gasteiger partial charge in [0.25, 0.3) is 0 Å². The maximum absolute atomic E-state index is 5.47. The molecule has 0 aliphatic rings. The molecule has 0 radical (unpaired) electrons. The van der Waals surface area contributed by atoms with Crippen LogP contribution in [0.5, 0.6) is 0 Å². The van der Waals surface area contributed by atoms with Gasteiger partial charge in [0.1, 0.15) is 0 Å². The van der Waals surface area contributed by atoms with Crippen molar-refractivity contribution in [1.29, 1.82) is 0 Å². The third kappa shape index (κ3) is 7.95. The Morgan fingerprint density at radius 2 is 2.06 bits per heavy atom. The topological polar surface area (TPSA) is 72.1 Å². The van der Waals surface area contributed by atoms with E-state index in [2.05, 4.69) is 10.4 Å². The van der Waals surface area contributed by atoms with Gasteiger partial charge in [-0.1, -0.05) is 0 Å². The lowest BCUT2D eigenvalue weighted by Crippen LogP contribution is -2.45. The van der Waals surface area contributed by atoms with Crippen molar-refractivity contribution in [3.63, 3.8) is 0 Å². The highest BCUT2D eigenvalue weighted by atomic mass is 16.5. The van der Waals surface area contributed by atoms with Crippen molar-refractivity contribution >= 4 is 5.96 Å². The fraction of sp³-hybridized carbons (Fsp3) is 0.909. The average molecular weight is 246 g/mol. The largest absolute Gasteiger partial charge is 0.382 e. The van der Waals surface area contributed by atoms with Crippen LogP contribution in [0.25, 0.3) is 0 Å². The number of ether oxygens (including phenoxy) is 2. The minimum atomic E-state index is 0.0690. The Kier molecular flexibility index (Phi) is 8.75. The molecule has 0 saturated heterocycles. The van der Waals surface area contributed by atoms with Crippen LogP contribution >= 0.6 is 0 Å². The summed E-state index contributed by atoms with van der Waals surface area (Å²) < 4.78 is 10.5. The van der Waals surface area contributed by atoms with E-state index < -0.39 is 0 Å². The van der Waals surface area contributed by atoms with E-state index >= 15 is 0 Å². The summed E-state index contributed by atoms with van der Waals surface area (Å²) >= 11 is 0. The van der Waals surface area contributed by atoms with Crippen molar-refractivity contribution in [1.82, 2.24) is 10.3 Å². The molecule has 6 nitrogen and oxygen atoms in total. The van der Waals surface area contributed by atoms with Crippen molar-refractivity contribution in [3.05, 3.63) is 0 Å². The smallest absolute Gasteiger partial charge is 0.208 e. The molecule has 0 amide bonds. The van der Waals surface area contributed by atoms with Crippen LogP contribution in [0.15, 0.2) is 4.99 Å². The van der Waals surface area contributed by atoms with E-state index in [-0.39, 0.29) is 12.1 Å². The summed E-state index contributed by atoms with van der Waals surface area (Å²) in [5.74, 6) is 6.09. The molecule has 0 aromatic rings. The van der Waals surface area contributed by atoms with Gasteiger partial charge < -0.3 is 14.4 Å². The van der Waals surface area contributed by atoms with Crippen LogP contribution in [0.4, 0.5) is 0 Å². The van der Waals surface area contributed by atoms with Gasteiger partial charge in [0.05, 0.1) is 25.4 Å². The number of rotatable bonds is 7. The molecule has 102 valence electrons. The number of nitrogens with zero attached hydrogens (tertiary/aromatic N) is 2. The van der Waals surface area contributed by atoms with E-state index in [0.717, 1.165) is 6.54 Å². The standard InChI is InChI=1S/C11H26N4O2/c1-9(2)17-7-6-15(4)11(14-12)13-10(3)8-16-5/h9-10H,6-8,12H2,1-5H3,(H,13,14). The number of nitrogens with two attached hydrogens (primary N) is 1. The summed E-state index contributed by atoms with van der Waals surface area (Å²) in [5.41, 5.74) is 2.59. The molecule has 0 saturated carbocycles. The number of methoxy groups -OCH3 is 1. The van der Waals surface area contributed by atoms with E-state index in [0.29, 0.717) is 19.2 Å². The number of nitrogens with one attached hydrogen (secondary N) is 1. The van der Waals surface area contributed by atoms with Gasteiger partial charge in [0, 0.05) is 20.7 Å². The minimum Gasteiger partial charge on any atom is -0.382 e. The third-order valence-electron chi connectivity index (χ3n) is 2.12. The predicted octanol–water partition coefficient (Wildman–Crippen LogP) is 0.197. The molecule has 0 aliphatic heterocycles. The zero-order chi connectivity index (χ0) is 13.3. The van der Waals surface area contributed by atoms with Gasteiger partial charge in [-0.15, -0.1) is 0 Å². The zero-order valence-corrected chi connectivity index (χ0v) is 11.6. The molecule has 0 rings (SSSR count). The van der Waals surface area contributed by atoms with E-state index in [1.54, 1.807) is 7.11 Å². The summed E-state index contributed by atoms with van der Waals surface area (Å²) in [6.45, 7) is 7.95. The first-order chi connectivity index (χ1) is 8.01. The molecule has 1 unspecified atom stereocenters. The predicted molar refractivity (Wildman–Crippen MR) is 69.8 cm³/mol. The van der Waals surface area contributed by atoms with Gasteiger partial charge in [0.15, 0.2) is 0 Å². The first kappa shape index (κ1) is 16.1. The second kappa shape index (κ2) is 9.21. The van der Waals surface area contributed by atoms with Crippen LogP contribution in [0.3, 0.4) is 0 Å². The van der Waals surface area contributed by atoms with E-state index in [9.17, 15) is 0 Å². The van der Waals surface area contributed by atoms with E-state index in [1.807, 2.05) is 32.7 Å². The number of guanidine groups is 1. The number of aliphatic imine (C=N–C) groups is 1. The van der Waals surface area contributed by atoms with Gasteiger partial charge >= 0.3 is 0 Å². The highest BCUT2D eigenvalue weighted by Gasteiger charge is 2.07. The summed E-state index contributed by atoms with van der Waals surface area (Å²) in [5, 5.41) is 0. The van der Waals surface area contributed by atoms with E-state index in [1.165, 1.54) is 0 Å². The number of hydrazine groups is 1. The lowest BCUT2D eigenvalue weighted by molar-refractivity contribution is 0.0720. The van der Waals surface area contributed by atoms with Gasteiger partial charge in [-0.2, -0.15) is 0 Å². The quantitative estimate of drug-likeness (QED) is 0.290. The molecular weight excluding hydrogens is 220 g/mol. The molecule has 0 aliphatic carbocycles. The number of hydrogen-bond acceptors (Lipinski definition) is 4. The first-order valence-electron chi connectivity index (χ1n) is 5.87. The van der Waals surface area contributed by atoms with Crippen LogP contribution < -0.4 is 11.3 Å². The van der Waals surface area contributed by atoms with Crippen LogP contribution in [0.2, 0.25) is 0 Å². The maximum Gasteiger partial charge on any atom is 0.208 e. The average Bonchev–Trinajstić information content (AvgIpc) is 2.25. The lowest BCUT2D eigenvalue weighted by atomic mass is 10.4. The SMILES string of the molecule is COCC(C)N=C(NN)N(C)CCOC(C)C. The first-order valence-corrected chi connectivity index (χ1v) is 5.87. The maximum atomic E-state index is 5.47. The molecule has 0 fully saturated rings. The molecular formula is C11H26N4O2. The molecule has 0 aromatic heterocycles. The summed E-state index contributed by atoms with van der Waals surface area (Å²) in [6.07, 6.45) is 0.238. The van der Waals surface area contributed by atoms with Crippen molar-refractivity contribution in [3.8, 4) is 0 Å². The molecule has 6 heteroatoms. The fourth-order valence-electron chi connectivity index (χ4n) is 1.26. The second-order valence-corrected chi connectivity index (χ2v) is 4.24. The van der Waals surface area contributed by atoms with Crippen molar-refractivity contribution in [2.24, 2.45) is 10.8 Å². The van der Waals surface area contributed by atoms with Crippen LogP contribution in [0.1, 0.15) is 20.8 Å². The van der Waals surface area contributed by atoms with Crippen molar-refractivity contribution in [2.45, 2.75) is 32.9 Å². The molecule has 3 N–H and O–H groups in total. The van der Waals surface area contributed by atoms with Crippen molar-refractivity contribution in [2.75, 3.05) is 33.9 Å². The molecule has 1 atom stereocenters. The Morgan fingerprint density at radius 3 is 2.53 bits per heavy atom. The van der Waals surface area contributed by atoms with Gasteiger partial charge in [-0.25, -0.2) is 10.8 Å². The Balaban J connectivity index is 4.14. The number of likely N-dealkylation sites (N-methyl/N-ethyl adjacent to an activating group) is 1. The van der Waals surface area contributed by atoms with Crippen LogP contribution in [-0.2, 0) is 9.47 Å². The second-order valence-electron chi connectivity index (χ2n) is 4.24. The summed E-state index contributed by atoms with van der Waals surface area (Å²) in [6, 6.07) is 0.0690. The van der Waals surface area contributed by atoms with Crippen LogP contribution in [-0.4, -0.2) is 56.9 Å². The zero-order valence-electron chi connectivity index (χ0n) is 11.6. The minimum absolute atomic E-state index is 0.0690. The van der Waals surface area contributed by atoms with Gasteiger partial charge in [-0.05, 0) is 20.8 Å². The Labute approximate surface area is 104 Å². The van der Waals surface area contributed by atoms with Gasteiger partial charge in [-0.3, -0.25) is 5.43 Å². The lowest BCUT2D eigenvalue weighted by Gasteiger charge is -2.22. The molecule has 0 bridgehead atoms. The molecule has 0 heterocycles. The fourth-order valence-corrected chi connectivity index (χ4v) is 1.26.